The maximum Gasteiger partial charge on any atom is 0.256 e. The van der Waals surface area contributed by atoms with E-state index in [1.807, 2.05) is 23.1 Å². The van der Waals surface area contributed by atoms with Gasteiger partial charge in [-0.05, 0) is 62.8 Å². The highest BCUT2D eigenvalue weighted by atomic mass is 16.5. The van der Waals surface area contributed by atoms with Gasteiger partial charge >= 0.3 is 0 Å². The van der Waals surface area contributed by atoms with Crippen LogP contribution in [0.15, 0.2) is 36.5 Å². The number of hydrogen-bond donors (Lipinski definition) is 1. The van der Waals surface area contributed by atoms with E-state index >= 15 is 0 Å². The summed E-state index contributed by atoms with van der Waals surface area (Å²) in [6.07, 6.45) is 6.26. The molecule has 1 N–H and O–H groups in total. The van der Waals surface area contributed by atoms with E-state index in [-0.39, 0.29) is 17.6 Å². The van der Waals surface area contributed by atoms with Gasteiger partial charge < -0.3 is 19.7 Å². The van der Waals surface area contributed by atoms with Crippen molar-refractivity contribution >= 4 is 23.1 Å². The fraction of sp³-hybridized carbons (Fsp3) is 0.478. The molecular weight excluding hydrogens is 366 g/mol. The Balaban J connectivity index is 1.58. The molecular formula is C23H27N3O3. The number of aromatic nitrogens is 1. The first kappa shape index (κ1) is 18.6. The average Bonchev–Trinajstić information content (AvgIpc) is 3.14. The van der Waals surface area contributed by atoms with Crippen LogP contribution < -0.4 is 10.2 Å². The molecule has 0 unspecified atom stereocenters. The second-order valence-electron chi connectivity index (χ2n) is 8.33. The van der Waals surface area contributed by atoms with E-state index < -0.39 is 0 Å². The van der Waals surface area contributed by atoms with Gasteiger partial charge in [0.15, 0.2) is 0 Å². The number of nitrogens with zero attached hydrogens (tertiary/aromatic N) is 2. The van der Waals surface area contributed by atoms with Crippen LogP contribution in [0.1, 0.15) is 50.2 Å². The summed E-state index contributed by atoms with van der Waals surface area (Å²) in [5.41, 5.74) is 3.56. The molecule has 1 aromatic carbocycles. The number of fused-ring (bicyclic) bond motifs is 2. The molecule has 3 aliphatic heterocycles. The van der Waals surface area contributed by atoms with Gasteiger partial charge in [0.05, 0.1) is 23.5 Å². The summed E-state index contributed by atoms with van der Waals surface area (Å²) in [6, 6.07) is 10.2. The lowest BCUT2D eigenvalue weighted by atomic mass is 9.92. The molecule has 0 radical (unpaired) electrons. The molecule has 0 saturated carbocycles. The fourth-order valence-electron chi connectivity index (χ4n) is 4.56. The normalized spacial score (nSPS) is 26.2. The SMILES string of the molecule is C[C@]1(c2ccc3c(c2)N(C(=O)[C@H]2CCCCO2)Cc2cccnc2N3)CCCO1. The molecule has 3 aliphatic rings. The molecule has 5 rings (SSSR count). The number of ether oxygens (including phenoxy) is 2. The first-order valence-corrected chi connectivity index (χ1v) is 10.6. The first-order chi connectivity index (χ1) is 14.1. The number of carbonyl (C=O) groups is 1. The van der Waals surface area contributed by atoms with Crippen molar-refractivity contribution in [1.29, 1.82) is 0 Å². The highest BCUT2D eigenvalue weighted by Crippen LogP contribution is 2.42. The van der Waals surface area contributed by atoms with Gasteiger partial charge in [-0.25, -0.2) is 4.98 Å². The number of nitrogens with one attached hydrogen (secondary N) is 1. The third kappa shape index (κ3) is 3.40. The predicted molar refractivity (Wildman–Crippen MR) is 111 cm³/mol. The second kappa shape index (κ2) is 7.43. The largest absolute Gasteiger partial charge is 0.371 e. The summed E-state index contributed by atoms with van der Waals surface area (Å²) in [7, 11) is 0. The lowest BCUT2D eigenvalue weighted by molar-refractivity contribution is -0.132. The summed E-state index contributed by atoms with van der Waals surface area (Å²) < 4.78 is 11.9. The molecule has 2 atom stereocenters. The van der Waals surface area contributed by atoms with Crippen molar-refractivity contribution in [3.8, 4) is 0 Å². The minimum absolute atomic E-state index is 0.0269. The standard InChI is InChI=1S/C23H27N3O3/c1-23(10-5-13-29-23)17-8-9-18-19(14-17)26(22(27)20-7-2-3-12-28-20)15-16-6-4-11-24-21(16)25-18/h4,6,8-9,11,14,20H,2-3,5,7,10,12-13,15H2,1H3,(H,24,25)/t20-,23-/m1/s1. The lowest BCUT2D eigenvalue weighted by Crippen LogP contribution is -2.41. The van der Waals surface area contributed by atoms with E-state index in [1.165, 1.54) is 0 Å². The summed E-state index contributed by atoms with van der Waals surface area (Å²) in [6.45, 7) is 4.04. The van der Waals surface area contributed by atoms with Crippen LogP contribution in [0.3, 0.4) is 0 Å². The van der Waals surface area contributed by atoms with E-state index in [9.17, 15) is 4.79 Å². The quantitative estimate of drug-likeness (QED) is 0.826. The maximum atomic E-state index is 13.5. The molecule has 1 aromatic heterocycles. The topological polar surface area (TPSA) is 63.7 Å². The summed E-state index contributed by atoms with van der Waals surface area (Å²) in [5.74, 6) is 0.823. The number of hydrogen-bond acceptors (Lipinski definition) is 5. The average molecular weight is 393 g/mol. The van der Waals surface area contributed by atoms with Crippen LogP contribution >= 0.6 is 0 Å². The number of benzene rings is 1. The zero-order valence-electron chi connectivity index (χ0n) is 16.8. The number of pyridine rings is 1. The smallest absolute Gasteiger partial charge is 0.256 e. The maximum absolute atomic E-state index is 13.5. The van der Waals surface area contributed by atoms with Gasteiger partial charge in [-0.15, -0.1) is 0 Å². The molecule has 6 nitrogen and oxygen atoms in total. The van der Waals surface area contributed by atoms with Gasteiger partial charge in [0.2, 0.25) is 0 Å². The molecule has 1 amide bonds. The van der Waals surface area contributed by atoms with Crippen LogP contribution in [-0.4, -0.2) is 30.2 Å². The van der Waals surface area contributed by atoms with Crippen LogP contribution in [0.4, 0.5) is 17.2 Å². The van der Waals surface area contributed by atoms with Crippen LogP contribution in [0, 0.1) is 0 Å². The number of rotatable bonds is 2. The Labute approximate surface area is 171 Å². The van der Waals surface area contributed by atoms with Gasteiger partial charge in [0, 0.05) is 25.0 Å². The third-order valence-corrected chi connectivity index (χ3v) is 6.31. The van der Waals surface area contributed by atoms with Crippen molar-refractivity contribution in [2.75, 3.05) is 23.4 Å². The molecule has 6 heteroatoms. The van der Waals surface area contributed by atoms with Crippen molar-refractivity contribution in [1.82, 2.24) is 4.98 Å². The summed E-state index contributed by atoms with van der Waals surface area (Å²) in [4.78, 5) is 19.9. The molecule has 29 heavy (non-hydrogen) atoms. The summed E-state index contributed by atoms with van der Waals surface area (Å²) >= 11 is 0. The highest BCUT2D eigenvalue weighted by Gasteiger charge is 2.35. The number of carbonyl (C=O) groups excluding carboxylic acids is 1. The van der Waals surface area contributed by atoms with Crippen LogP contribution in [-0.2, 0) is 26.4 Å². The van der Waals surface area contributed by atoms with E-state index in [0.29, 0.717) is 13.2 Å². The number of anilines is 3. The second-order valence-corrected chi connectivity index (χ2v) is 8.33. The van der Waals surface area contributed by atoms with E-state index in [4.69, 9.17) is 9.47 Å². The minimum Gasteiger partial charge on any atom is -0.371 e. The van der Waals surface area contributed by atoms with Gasteiger partial charge in [0.1, 0.15) is 11.9 Å². The van der Waals surface area contributed by atoms with E-state index in [0.717, 1.165) is 67.0 Å². The van der Waals surface area contributed by atoms with Gasteiger partial charge in [-0.3, -0.25) is 4.79 Å². The highest BCUT2D eigenvalue weighted by molar-refractivity contribution is 6.01. The molecule has 2 saturated heterocycles. The van der Waals surface area contributed by atoms with E-state index in [2.05, 4.69) is 29.4 Å². The first-order valence-electron chi connectivity index (χ1n) is 10.6. The zero-order valence-corrected chi connectivity index (χ0v) is 16.8. The molecule has 2 aromatic rings. The Kier molecular flexibility index (Phi) is 4.76. The molecule has 0 spiro atoms. The lowest BCUT2D eigenvalue weighted by Gasteiger charge is -2.31. The monoisotopic (exact) mass is 393 g/mol. The fourth-order valence-corrected chi connectivity index (χ4v) is 4.56. The van der Waals surface area contributed by atoms with Crippen molar-refractivity contribution in [3.63, 3.8) is 0 Å². The molecule has 4 heterocycles. The zero-order chi connectivity index (χ0) is 19.8. The van der Waals surface area contributed by atoms with Crippen LogP contribution in [0.2, 0.25) is 0 Å². The van der Waals surface area contributed by atoms with Gasteiger partial charge in [0.25, 0.3) is 5.91 Å². The van der Waals surface area contributed by atoms with Gasteiger partial charge in [-0.2, -0.15) is 0 Å². The van der Waals surface area contributed by atoms with Crippen molar-refractivity contribution < 1.29 is 14.3 Å². The Morgan fingerprint density at radius 1 is 1.24 bits per heavy atom. The Morgan fingerprint density at radius 2 is 2.17 bits per heavy atom. The Bertz CT molecular complexity index is 917. The third-order valence-electron chi connectivity index (χ3n) is 6.31. The predicted octanol–water partition coefficient (Wildman–Crippen LogP) is 4.27. The van der Waals surface area contributed by atoms with Gasteiger partial charge in [-0.1, -0.05) is 12.1 Å². The molecule has 2 fully saturated rings. The molecule has 152 valence electrons. The molecule has 0 aliphatic carbocycles. The Hall–Kier alpha value is -2.44. The van der Waals surface area contributed by atoms with E-state index in [1.54, 1.807) is 6.20 Å². The van der Waals surface area contributed by atoms with Crippen LogP contribution in [0.25, 0.3) is 0 Å². The van der Waals surface area contributed by atoms with Crippen molar-refractivity contribution in [2.45, 2.75) is 57.3 Å². The van der Waals surface area contributed by atoms with Crippen molar-refractivity contribution in [3.05, 3.63) is 47.7 Å². The minimum atomic E-state index is -0.378. The summed E-state index contributed by atoms with van der Waals surface area (Å²) in [5, 5.41) is 3.43. The van der Waals surface area contributed by atoms with Crippen molar-refractivity contribution in [2.24, 2.45) is 0 Å². The van der Waals surface area contributed by atoms with Crippen LogP contribution in [0.5, 0.6) is 0 Å². The molecule has 0 bridgehead atoms. The Morgan fingerprint density at radius 3 is 2.97 bits per heavy atom. The number of amides is 1.